The summed E-state index contributed by atoms with van der Waals surface area (Å²) >= 11 is 3.35. The van der Waals surface area contributed by atoms with Gasteiger partial charge in [-0.3, -0.25) is 9.59 Å². The molecule has 2 heterocycles. The van der Waals surface area contributed by atoms with E-state index in [0.717, 1.165) is 4.47 Å². The van der Waals surface area contributed by atoms with Crippen molar-refractivity contribution >= 4 is 27.7 Å². The monoisotopic (exact) mass is 378 g/mol. The molecule has 0 unspecified atom stereocenters. The van der Waals surface area contributed by atoms with Gasteiger partial charge in [-0.2, -0.15) is 0 Å². The Morgan fingerprint density at radius 3 is 2.09 bits per heavy atom. The third-order valence-electron chi connectivity index (χ3n) is 3.65. The van der Waals surface area contributed by atoms with Crippen molar-refractivity contribution in [2.24, 2.45) is 0 Å². The van der Waals surface area contributed by atoms with E-state index in [0.29, 0.717) is 37.6 Å². The van der Waals surface area contributed by atoms with Crippen molar-refractivity contribution < 1.29 is 14.0 Å². The topological polar surface area (TPSA) is 79.5 Å². The molecule has 7 nitrogen and oxygen atoms in total. The molecule has 0 saturated carbocycles. The Hall–Kier alpha value is -2.22. The van der Waals surface area contributed by atoms with Crippen molar-refractivity contribution in [2.75, 3.05) is 26.2 Å². The molecular weight excluding hydrogens is 364 g/mol. The number of rotatable bonds is 2. The number of aromatic nitrogens is 2. The van der Waals surface area contributed by atoms with Crippen LogP contribution in [-0.4, -0.2) is 58.0 Å². The van der Waals surface area contributed by atoms with Gasteiger partial charge in [0.1, 0.15) is 0 Å². The molecule has 0 aliphatic carbocycles. The van der Waals surface area contributed by atoms with E-state index < -0.39 is 0 Å². The first-order chi connectivity index (χ1) is 11.0. The quantitative estimate of drug-likeness (QED) is 0.794. The molecule has 0 bridgehead atoms. The van der Waals surface area contributed by atoms with Gasteiger partial charge in [0.2, 0.25) is 5.89 Å². The summed E-state index contributed by atoms with van der Waals surface area (Å²) in [6.45, 7) is 3.49. The predicted molar refractivity (Wildman–Crippen MR) is 85.0 cm³/mol. The van der Waals surface area contributed by atoms with Gasteiger partial charge >= 0.3 is 11.8 Å². The van der Waals surface area contributed by atoms with Crippen molar-refractivity contribution in [1.82, 2.24) is 20.0 Å². The molecule has 0 spiro atoms. The second-order valence-corrected chi connectivity index (χ2v) is 6.13. The van der Waals surface area contributed by atoms with Crippen molar-refractivity contribution in [1.29, 1.82) is 0 Å². The zero-order chi connectivity index (χ0) is 16.4. The molecule has 1 aliphatic rings. The molecule has 1 fully saturated rings. The molecule has 1 aromatic carbocycles. The highest BCUT2D eigenvalue weighted by molar-refractivity contribution is 9.10. The SMILES string of the molecule is Cc1nnc(C(=O)N2CCN(C(=O)c3ccc(Br)cc3)CC2)o1. The van der Waals surface area contributed by atoms with Crippen LogP contribution in [0.5, 0.6) is 0 Å². The Morgan fingerprint density at radius 2 is 1.57 bits per heavy atom. The minimum Gasteiger partial charge on any atom is -0.417 e. The Labute approximate surface area is 141 Å². The fourth-order valence-electron chi connectivity index (χ4n) is 2.41. The van der Waals surface area contributed by atoms with Gasteiger partial charge in [0.05, 0.1) is 0 Å². The molecular formula is C15H15BrN4O3. The lowest BCUT2D eigenvalue weighted by atomic mass is 10.2. The van der Waals surface area contributed by atoms with Crippen LogP contribution in [0, 0.1) is 6.92 Å². The summed E-state index contributed by atoms with van der Waals surface area (Å²) in [5.41, 5.74) is 0.639. The number of amides is 2. The van der Waals surface area contributed by atoms with Gasteiger partial charge in [-0.05, 0) is 24.3 Å². The van der Waals surface area contributed by atoms with Gasteiger partial charge in [-0.15, -0.1) is 10.2 Å². The van der Waals surface area contributed by atoms with Crippen LogP contribution in [0.1, 0.15) is 26.9 Å². The highest BCUT2D eigenvalue weighted by Crippen LogP contribution is 2.14. The summed E-state index contributed by atoms with van der Waals surface area (Å²) in [6, 6.07) is 7.24. The number of halogens is 1. The lowest BCUT2D eigenvalue weighted by Crippen LogP contribution is -2.50. The summed E-state index contributed by atoms with van der Waals surface area (Å²) in [5.74, 6) is 0.0344. The first kappa shape index (κ1) is 15.7. The second kappa shape index (κ2) is 6.49. The third kappa shape index (κ3) is 3.42. The molecule has 8 heteroatoms. The van der Waals surface area contributed by atoms with E-state index in [9.17, 15) is 9.59 Å². The standard InChI is InChI=1S/C15H15BrN4O3/c1-10-17-18-13(23-10)15(22)20-8-6-19(7-9-20)14(21)11-2-4-12(16)5-3-11/h2-5H,6-9H2,1H3. The Bertz CT molecular complexity index is 721. The average molecular weight is 379 g/mol. The van der Waals surface area contributed by atoms with Crippen LogP contribution in [0.2, 0.25) is 0 Å². The highest BCUT2D eigenvalue weighted by atomic mass is 79.9. The number of piperazine rings is 1. The summed E-state index contributed by atoms with van der Waals surface area (Å²) in [7, 11) is 0. The van der Waals surface area contributed by atoms with Gasteiger partial charge < -0.3 is 14.2 Å². The fourth-order valence-corrected chi connectivity index (χ4v) is 2.67. The van der Waals surface area contributed by atoms with E-state index >= 15 is 0 Å². The fraction of sp³-hybridized carbons (Fsp3) is 0.333. The molecule has 3 rings (SSSR count). The second-order valence-electron chi connectivity index (χ2n) is 5.22. The minimum atomic E-state index is -0.290. The number of carbonyl (C=O) groups is 2. The average Bonchev–Trinajstić information content (AvgIpc) is 3.01. The van der Waals surface area contributed by atoms with Gasteiger partial charge in [0, 0.05) is 43.1 Å². The zero-order valence-corrected chi connectivity index (χ0v) is 14.1. The molecule has 23 heavy (non-hydrogen) atoms. The van der Waals surface area contributed by atoms with Crippen molar-refractivity contribution in [3.63, 3.8) is 0 Å². The number of carbonyl (C=O) groups excluding carboxylic acids is 2. The van der Waals surface area contributed by atoms with Gasteiger partial charge in [0.25, 0.3) is 5.91 Å². The number of nitrogens with zero attached hydrogens (tertiary/aromatic N) is 4. The summed E-state index contributed by atoms with van der Waals surface area (Å²) < 4.78 is 6.08. The maximum absolute atomic E-state index is 12.4. The highest BCUT2D eigenvalue weighted by Gasteiger charge is 2.27. The van der Waals surface area contributed by atoms with Crippen LogP contribution in [0.25, 0.3) is 0 Å². The van der Waals surface area contributed by atoms with Crippen LogP contribution in [0.15, 0.2) is 33.2 Å². The number of hydrogen-bond acceptors (Lipinski definition) is 5. The molecule has 2 aromatic rings. The lowest BCUT2D eigenvalue weighted by molar-refractivity contribution is 0.0512. The Balaban J connectivity index is 1.61. The van der Waals surface area contributed by atoms with Gasteiger partial charge in [0.15, 0.2) is 0 Å². The third-order valence-corrected chi connectivity index (χ3v) is 4.18. The van der Waals surface area contributed by atoms with Crippen LogP contribution < -0.4 is 0 Å². The summed E-state index contributed by atoms with van der Waals surface area (Å²) in [6.07, 6.45) is 0. The van der Waals surface area contributed by atoms with E-state index in [-0.39, 0.29) is 17.7 Å². The van der Waals surface area contributed by atoms with E-state index in [4.69, 9.17) is 4.42 Å². The summed E-state index contributed by atoms with van der Waals surface area (Å²) in [5, 5.41) is 7.40. The normalized spacial score (nSPS) is 14.9. The maximum atomic E-state index is 12.4. The first-order valence-electron chi connectivity index (χ1n) is 7.19. The number of aryl methyl sites for hydroxylation is 1. The largest absolute Gasteiger partial charge is 0.417 e. The van der Waals surface area contributed by atoms with E-state index in [1.54, 1.807) is 28.9 Å². The molecule has 0 radical (unpaired) electrons. The van der Waals surface area contributed by atoms with Crippen LogP contribution in [0.4, 0.5) is 0 Å². The first-order valence-corrected chi connectivity index (χ1v) is 7.98. The van der Waals surface area contributed by atoms with E-state index in [2.05, 4.69) is 26.1 Å². The van der Waals surface area contributed by atoms with Crippen LogP contribution in [0.3, 0.4) is 0 Å². The Morgan fingerprint density at radius 1 is 1.00 bits per heavy atom. The molecule has 1 aliphatic heterocycles. The zero-order valence-electron chi connectivity index (χ0n) is 12.5. The maximum Gasteiger partial charge on any atom is 0.311 e. The molecule has 0 N–H and O–H groups in total. The van der Waals surface area contributed by atoms with Crippen molar-refractivity contribution in [3.05, 3.63) is 46.1 Å². The van der Waals surface area contributed by atoms with E-state index in [1.807, 2.05) is 12.1 Å². The van der Waals surface area contributed by atoms with Crippen molar-refractivity contribution in [2.45, 2.75) is 6.92 Å². The summed E-state index contributed by atoms with van der Waals surface area (Å²) in [4.78, 5) is 28.0. The van der Waals surface area contributed by atoms with Crippen molar-refractivity contribution in [3.8, 4) is 0 Å². The van der Waals surface area contributed by atoms with Gasteiger partial charge in [-0.1, -0.05) is 15.9 Å². The Kier molecular flexibility index (Phi) is 4.42. The number of benzene rings is 1. The number of hydrogen-bond donors (Lipinski definition) is 0. The van der Waals surface area contributed by atoms with E-state index in [1.165, 1.54) is 0 Å². The molecule has 120 valence electrons. The predicted octanol–water partition coefficient (Wildman–Crippen LogP) is 1.74. The minimum absolute atomic E-state index is 0.00446. The molecule has 2 amide bonds. The molecule has 0 atom stereocenters. The molecule has 1 saturated heterocycles. The van der Waals surface area contributed by atoms with Crippen LogP contribution >= 0.6 is 15.9 Å². The smallest absolute Gasteiger partial charge is 0.311 e. The molecule has 1 aromatic heterocycles. The van der Waals surface area contributed by atoms with Gasteiger partial charge in [-0.25, -0.2) is 0 Å². The lowest BCUT2D eigenvalue weighted by Gasteiger charge is -2.34. The van der Waals surface area contributed by atoms with Crippen LogP contribution in [-0.2, 0) is 0 Å².